The average molecular weight is 600 g/mol. The van der Waals surface area contributed by atoms with E-state index in [0.29, 0.717) is 31.5 Å². The third kappa shape index (κ3) is 8.86. The van der Waals surface area contributed by atoms with Crippen LogP contribution < -0.4 is 16.4 Å². The molecule has 1 saturated heterocycles. The summed E-state index contributed by atoms with van der Waals surface area (Å²) in [6.45, 7) is 12.1. The smallest absolute Gasteiger partial charge is 0.264 e. The van der Waals surface area contributed by atoms with Crippen molar-refractivity contribution in [2.45, 2.75) is 85.9 Å². The van der Waals surface area contributed by atoms with Crippen molar-refractivity contribution in [2.24, 2.45) is 28.9 Å². The van der Waals surface area contributed by atoms with E-state index < -0.39 is 46.5 Å². The van der Waals surface area contributed by atoms with E-state index in [1.54, 1.807) is 50.8 Å². The fraction of sp³-hybridized carbons (Fsp3) is 0.594. The molecule has 1 fully saturated rings. The zero-order chi connectivity index (χ0) is 32.7. The number of nitrogens with zero attached hydrogens (tertiary/aromatic N) is 2. The van der Waals surface area contributed by atoms with E-state index in [4.69, 9.17) is 5.73 Å². The Balaban J connectivity index is 2.41. The summed E-state index contributed by atoms with van der Waals surface area (Å²) in [6, 6.07) is 6.57. The maximum atomic E-state index is 14.5. The molecule has 2 unspecified atom stereocenters. The highest BCUT2D eigenvalue weighted by Gasteiger charge is 2.54. The molecule has 4 amide bonds. The first-order chi connectivity index (χ1) is 19.9. The summed E-state index contributed by atoms with van der Waals surface area (Å²) >= 11 is 0. The van der Waals surface area contributed by atoms with Crippen LogP contribution in [0.4, 0.5) is 4.39 Å². The number of nitriles is 1. The highest BCUT2D eigenvalue weighted by atomic mass is 19.1. The number of allylic oxidation sites excluding steroid dienone is 1. The number of primary amides is 1. The number of aliphatic hydroxyl groups excluding tert-OH is 1. The van der Waals surface area contributed by atoms with Gasteiger partial charge in [0.2, 0.25) is 17.7 Å². The summed E-state index contributed by atoms with van der Waals surface area (Å²) in [5, 5.41) is 25.7. The maximum Gasteiger partial charge on any atom is 0.264 e. The molecule has 1 aliphatic heterocycles. The number of hydrogen-bond acceptors (Lipinski definition) is 6. The number of nitrogens with two attached hydrogens (primary N) is 1. The first kappa shape index (κ1) is 35.4. The van der Waals surface area contributed by atoms with Gasteiger partial charge in [-0.15, -0.1) is 0 Å². The van der Waals surface area contributed by atoms with Gasteiger partial charge in [0.25, 0.3) is 5.91 Å². The van der Waals surface area contributed by atoms with Gasteiger partial charge in [-0.3, -0.25) is 19.2 Å². The molecule has 1 aromatic carbocycles. The van der Waals surface area contributed by atoms with Crippen molar-refractivity contribution in [3.05, 3.63) is 46.8 Å². The van der Waals surface area contributed by atoms with Gasteiger partial charge >= 0.3 is 0 Å². The van der Waals surface area contributed by atoms with E-state index in [1.165, 1.54) is 13.0 Å². The van der Waals surface area contributed by atoms with Gasteiger partial charge in [0.1, 0.15) is 17.5 Å². The molecule has 0 aromatic heterocycles. The van der Waals surface area contributed by atoms with Crippen molar-refractivity contribution >= 4 is 23.6 Å². The largest absolute Gasteiger partial charge is 0.390 e. The van der Waals surface area contributed by atoms with E-state index >= 15 is 0 Å². The molecule has 0 spiro atoms. The standard InChI is InChI=1S/C32H46FN5O5/c1-19(2)14-24(17-34)28(41)38-12-10-22(11-13-38)16-25(27(40)36-18-23-9-8-20(3)15-26(23)33)32(21(4)39,29(35)42)37-30(43)31(5,6)7/h8-9,14-15,19,21-22,25,39H,10-13,16,18H2,1-7H3,(H2,35,42)(H,36,40)(H,37,43)/t21?,25-,32?/m1/s1. The Hall–Kier alpha value is -3.78. The average Bonchev–Trinajstić information content (AvgIpc) is 2.91. The van der Waals surface area contributed by atoms with Crippen LogP contribution in [0, 0.1) is 47.2 Å². The molecule has 0 aliphatic carbocycles. The van der Waals surface area contributed by atoms with Crippen molar-refractivity contribution in [3.8, 4) is 6.07 Å². The van der Waals surface area contributed by atoms with Crippen molar-refractivity contribution < 1.29 is 28.7 Å². The summed E-state index contributed by atoms with van der Waals surface area (Å²) in [5.74, 6) is -4.70. The van der Waals surface area contributed by atoms with Gasteiger partial charge in [-0.25, -0.2) is 4.39 Å². The first-order valence-corrected chi connectivity index (χ1v) is 14.7. The number of amides is 4. The number of benzene rings is 1. The molecule has 2 rings (SSSR count). The number of nitrogens with one attached hydrogen (secondary N) is 2. The van der Waals surface area contributed by atoms with E-state index in [9.17, 15) is 33.9 Å². The second kappa shape index (κ2) is 14.6. The number of aliphatic hydroxyl groups is 1. The second-order valence-electron chi connectivity index (χ2n) is 12.9. The van der Waals surface area contributed by atoms with Gasteiger partial charge < -0.3 is 26.4 Å². The summed E-state index contributed by atoms with van der Waals surface area (Å²) in [7, 11) is 0. The van der Waals surface area contributed by atoms with Gasteiger partial charge in [0.05, 0.1) is 12.0 Å². The lowest BCUT2D eigenvalue weighted by atomic mass is 9.71. The molecular weight excluding hydrogens is 553 g/mol. The third-order valence-electron chi connectivity index (χ3n) is 7.92. The van der Waals surface area contributed by atoms with Crippen LogP contribution >= 0.6 is 0 Å². The predicted molar refractivity (Wildman–Crippen MR) is 160 cm³/mol. The lowest BCUT2D eigenvalue weighted by Crippen LogP contribution is -2.71. The molecule has 43 heavy (non-hydrogen) atoms. The van der Waals surface area contributed by atoms with E-state index in [1.807, 2.05) is 19.9 Å². The molecule has 3 atom stereocenters. The zero-order valence-corrected chi connectivity index (χ0v) is 26.3. The lowest BCUT2D eigenvalue weighted by Gasteiger charge is -2.43. The molecule has 0 saturated carbocycles. The Morgan fingerprint density at radius 3 is 2.26 bits per heavy atom. The van der Waals surface area contributed by atoms with Crippen LogP contribution in [0.25, 0.3) is 0 Å². The fourth-order valence-corrected chi connectivity index (χ4v) is 5.26. The predicted octanol–water partition coefficient (Wildman–Crippen LogP) is 2.87. The minimum atomic E-state index is -2.17. The molecule has 1 aromatic rings. The Bertz CT molecular complexity index is 1270. The van der Waals surface area contributed by atoms with Gasteiger partial charge in [0.15, 0.2) is 5.54 Å². The molecule has 10 nitrogen and oxygen atoms in total. The minimum Gasteiger partial charge on any atom is -0.390 e. The Morgan fingerprint density at radius 1 is 1.19 bits per heavy atom. The lowest BCUT2D eigenvalue weighted by molar-refractivity contribution is -0.149. The van der Waals surface area contributed by atoms with Gasteiger partial charge in [-0.1, -0.05) is 52.8 Å². The maximum absolute atomic E-state index is 14.5. The van der Waals surface area contributed by atoms with Crippen molar-refractivity contribution in [3.63, 3.8) is 0 Å². The molecule has 1 aliphatic rings. The topological polar surface area (TPSA) is 166 Å². The van der Waals surface area contributed by atoms with Gasteiger partial charge in [-0.2, -0.15) is 5.26 Å². The summed E-state index contributed by atoms with van der Waals surface area (Å²) < 4.78 is 14.5. The molecule has 5 N–H and O–H groups in total. The van der Waals surface area contributed by atoms with Gasteiger partial charge in [0, 0.05) is 30.6 Å². The van der Waals surface area contributed by atoms with E-state index in [2.05, 4.69) is 10.6 Å². The highest BCUT2D eigenvalue weighted by molar-refractivity contribution is 5.98. The van der Waals surface area contributed by atoms with Crippen molar-refractivity contribution in [1.29, 1.82) is 5.26 Å². The molecule has 236 valence electrons. The molecule has 0 bridgehead atoms. The first-order valence-electron chi connectivity index (χ1n) is 14.7. The SMILES string of the molecule is Cc1ccc(CNC(=O)[C@@H](CC2CCN(C(=O)C(C#N)=CC(C)C)CC2)C(NC(=O)C(C)(C)C)(C(N)=O)C(C)O)c(F)c1. The summed E-state index contributed by atoms with van der Waals surface area (Å²) in [4.78, 5) is 54.7. The van der Waals surface area contributed by atoms with E-state index in [-0.39, 0.29) is 41.8 Å². The molecule has 1 heterocycles. The minimum absolute atomic E-state index is 0.0227. The normalized spacial score (nSPS) is 17.4. The molecule has 0 radical (unpaired) electrons. The van der Waals surface area contributed by atoms with Crippen LogP contribution in [0.5, 0.6) is 0 Å². The van der Waals surface area contributed by atoms with Crippen LogP contribution in [0.2, 0.25) is 0 Å². The van der Waals surface area contributed by atoms with Crippen LogP contribution in [-0.2, 0) is 25.7 Å². The zero-order valence-electron chi connectivity index (χ0n) is 26.3. The van der Waals surface area contributed by atoms with Crippen LogP contribution in [0.1, 0.15) is 71.9 Å². The van der Waals surface area contributed by atoms with Crippen molar-refractivity contribution in [1.82, 2.24) is 15.5 Å². The number of likely N-dealkylation sites (tertiary alicyclic amines) is 1. The number of halogens is 1. The second-order valence-corrected chi connectivity index (χ2v) is 12.9. The van der Waals surface area contributed by atoms with Crippen molar-refractivity contribution in [2.75, 3.05) is 13.1 Å². The van der Waals surface area contributed by atoms with E-state index in [0.717, 1.165) is 0 Å². The number of piperidine rings is 1. The summed E-state index contributed by atoms with van der Waals surface area (Å²) in [6.07, 6.45) is 1.02. The highest BCUT2D eigenvalue weighted by Crippen LogP contribution is 2.34. The molecular formula is C32H46FN5O5. The number of carbonyl (C=O) groups excluding carboxylic acids is 4. The molecule has 11 heteroatoms. The quantitative estimate of drug-likeness (QED) is 0.226. The number of aryl methyl sites for hydroxylation is 1. The van der Waals surface area contributed by atoms with Crippen LogP contribution in [0.3, 0.4) is 0 Å². The summed E-state index contributed by atoms with van der Waals surface area (Å²) in [5.41, 5.74) is 3.73. The monoisotopic (exact) mass is 599 g/mol. The van der Waals surface area contributed by atoms with Crippen LogP contribution in [-0.4, -0.2) is 58.4 Å². The Morgan fingerprint density at radius 2 is 1.79 bits per heavy atom. The van der Waals surface area contributed by atoms with Crippen LogP contribution in [0.15, 0.2) is 29.8 Å². The Labute approximate surface area is 253 Å². The fourth-order valence-electron chi connectivity index (χ4n) is 5.26. The number of hydrogen-bond donors (Lipinski definition) is 4. The third-order valence-corrected chi connectivity index (χ3v) is 7.92. The number of carbonyl (C=O) groups is 4. The number of rotatable bonds is 11. The Kier molecular flexibility index (Phi) is 12.0. The van der Waals surface area contributed by atoms with Gasteiger partial charge in [-0.05, 0) is 56.6 Å².